The monoisotopic (exact) mass is 418 g/mol. The third-order valence-electron chi connectivity index (χ3n) is 4.87. The lowest BCUT2D eigenvalue weighted by Crippen LogP contribution is -2.44. The Labute approximate surface area is 175 Å². The zero-order chi connectivity index (χ0) is 21.3. The van der Waals surface area contributed by atoms with Crippen molar-refractivity contribution in [2.45, 2.75) is 32.5 Å². The number of rotatable bonds is 8. The highest BCUT2D eigenvalue weighted by Gasteiger charge is 2.26. The minimum absolute atomic E-state index is 0.151. The summed E-state index contributed by atoms with van der Waals surface area (Å²) < 4.78 is 35.3. The van der Waals surface area contributed by atoms with Crippen LogP contribution in [-0.4, -0.2) is 45.4 Å². The third-order valence-corrected chi connectivity index (χ3v) is 4.87. The molecule has 1 fully saturated rings. The molecule has 0 amide bonds. The average molecular weight is 418 g/mol. The molecule has 1 saturated heterocycles. The summed E-state index contributed by atoms with van der Waals surface area (Å²) in [4.78, 5) is 6.73. The molecule has 162 valence electrons. The molecule has 2 aromatic carbocycles. The van der Waals surface area contributed by atoms with Gasteiger partial charge < -0.3 is 25.0 Å². The smallest absolute Gasteiger partial charge is 0.387 e. The molecule has 0 radical (unpaired) electrons. The van der Waals surface area contributed by atoms with Gasteiger partial charge >= 0.3 is 6.61 Å². The zero-order valence-corrected chi connectivity index (χ0v) is 17.3. The number of hydrogen-bond acceptors (Lipinski definition) is 4. The van der Waals surface area contributed by atoms with Gasteiger partial charge in [-0.3, -0.25) is 0 Å². The Bertz CT molecular complexity index is 830. The van der Waals surface area contributed by atoms with Crippen LogP contribution in [0.4, 0.5) is 14.5 Å². The fourth-order valence-corrected chi connectivity index (χ4v) is 3.43. The van der Waals surface area contributed by atoms with Crippen molar-refractivity contribution in [2.24, 2.45) is 4.99 Å². The number of nitrogens with zero attached hydrogens (tertiary/aromatic N) is 2. The van der Waals surface area contributed by atoms with Gasteiger partial charge in [0.1, 0.15) is 11.5 Å². The van der Waals surface area contributed by atoms with Crippen LogP contribution in [0.25, 0.3) is 0 Å². The Hall–Kier alpha value is -3.03. The van der Waals surface area contributed by atoms with Crippen LogP contribution in [-0.2, 0) is 6.54 Å². The van der Waals surface area contributed by atoms with E-state index in [-0.39, 0.29) is 11.8 Å². The first kappa shape index (κ1) is 21.7. The summed E-state index contributed by atoms with van der Waals surface area (Å²) in [7, 11) is 1.64. The molecule has 1 aliphatic rings. The minimum atomic E-state index is -2.84. The number of hydrogen-bond donors (Lipinski definition) is 2. The second-order valence-electron chi connectivity index (χ2n) is 6.97. The maximum absolute atomic E-state index is 12.7. The number of methoxy groups -OCH3 is 1. The predicted molar refractivity (Wildman–Crippen MR) is 115 cm³/mol. The Morgan fingerprint density at radius 1 is 1.20 bits per heavy atom. The van der Waals surface area contributed by atoms with E-state index >= 15 is 0 Å². The molecule has 1 atom stereocenters. The standard InChI is InChI=1S/C22H28F2N4O2/c1-3-25-22(26-14-16-8-10-18(29-2)11-9-16)27-17-12-13-28(15-17)19-6-4-5-7-20(19)30-21(23)24/h4-11,17,21H,3,12-15H2,1-2H3,(H2,25,26,27). The molecule has 0 spiro atoms. The van der Waals surface area contributed by atoms with Gasteiger partial charge in [0.15, 0.2) is 5.96 Å². The summed E-state index contributed by atoms with van der Waals surface area (Å²) in [6, 6.07) is 14.9. The molecule has 0 saturated carbocycles. The largest absolute Gasteiger partial charge is 0.497 e. The molecule has 1 unspecified atom stereocenters. The van der Waals surface area contributed by atoms with E-state index in [4.69, 9.17) is 4.74 Å². The summed E-state index contributed by atoms with van der Waals surface area (Å²) in [5.74, 6) is 1.75. The van der Waals surface area contributed by atoms with Crippen LogP contribution >= 0.6 is 0 Å². The molecule has 2 N–H and O–H groups in total. The Balaban J connectivity index is 1.61. The molecule has 2 aromatic rings. The fourth-order valence-electron chi connectivity index (χ4n) is 3.43. The number of halogens is 2. The summed E-state index contributed by atoms with van der Waals surface area (Å²) in [5, 5.41) is 6.72. The number of benzene rings is 2. The molecule has 0 aromatic heterocycles. The Morgan fingerprint density at radius 2 is 1.97 bits per heavy atom. The second-order valence-corrected chi connectivity index (χ2v) is 6.97. The number of anilines is 1. The van der Waals surface area contributed by atoms with E-state index in [0.717, 1.165) is 36.8 Å². The Kier molecular flexibility index (Phi) is 7.70. The number of nitrogens with one attached hydrogen (secondary N) is 2. The first-order valence-electron chi connectivity index (χ1n) is 10.1. The van der Waals surface area contributed by atoms with E-state index in [2.05, 4.69) is 25.3 Å². The van der Waals surface area contributed by atoms with Crippen molar-refractivity contribution in [1.29, 1.82) is 0 Å². The number of guanidine groups is 1. The van der Waals surface area contributed by atoms with Gasteiger partial charge in [-0.05, 0) is 43.2 Å². The topological polar surface area (TPSA) is 58.1 Å². The number of para-hydroxylation sites is 2. The van der Waals surface area contributed by atoms with Gasteiger partial charge in [-0.25, -0.2) is 4.99 Å². The van der Waals surface area contributed by atoms with E-state index in [1.165, 1.54) is 0 Å². The molecule has 0 bridgehead atoms. The van der Waals surface area contributed by atoms with Gasteiger partial charge in [0.2, 0.25) is 0 Å². The maximum Gasteiger partial charge on any atom is 0.387 e. The lowest BCUT2D eigenvalue weighted by Gasteiger charge is -2.22. The third kappa shape index (κ3) is 5.98. The summed E-state index contributed by atoms with van der Waals surface area (Å²) >= 11 is 0. The van der Waals surface area contributed by atoms with Gasteiger partial charge in [0.05, 0.1) is 19.3 Å². The van der Waals surface area contributed by atoms with E-state index in [0.29, 0.717) is 18.8 Å². The van der Waals surface area contributed by atoms with Crippen LogP contribution in [0.5, 0.6) is 11.5 Å². The van der Waals surface area contributed by atoms with Crippen molar-refractivity contribution >= 4 is 11.6 Å². The first-order valence-corrected chi connectivity index (χ1v) is 10.1. The van der Waals surface area contributed by atoms with Crippen molar-refractivity contribution in [3.63, 3.8) is 0 Å². The van der Waals surface area contributed by atoms with E-state index in [1.54, 1.807) is 19.2 Å². The van der Waals surface area contributed by atoms with Gasteiger partial charge in [-0.15, -0.1) is 0 Å². The molecule has 1 heterocycles. The highest BCUT2D eigenvalue weighted by Crippen LogP contribution is 2.31. The SMILES string of the molecule is CCNC(=NCc1ccc(OC)cc1)NC1CCN(c2ccccc2OC(F)F)C1. The number of aliphatic imine (C=N–C) groups is 1. The van der Waals surface area contributed by atoms with E-state index in [1.807, 2.05) is 43.3 Å². The summed E-state index contributed by atoms with van der Waals surface area (Å²) in [6.45, 7) is 1.89. The first-order chi connectivity index (χ1) is 14.6. The number of ether oxygens (including phenoxy) is 2. The molecular weight excluding hydrogens is 390 g/mol. The lowest BCUT2D eigenvalue weighted by molar-refractivity contribution is -0.0495. The van der Waals surface area contributed by atoms with Gasteiger partial charge in [0.25, 0.3) is 0 Å². The van der Waals surface area contributed by atoms with Crippen LogP contribution in [0.3, 0.4) is 0 Å². The molecule has 1 aliphatic heterocycles. The highest BCUT2D eigenvalue weighted by atomic mass is 19.3. The molecule has 0 aliphatic carbocycles. The fraction of sp³-hybridized carbons (Fsp3) is 0.409. The van der Waals surface area contributed by atoms with E-state index < -0.39 is 6.61 Å². The van der Waals surface area contributed by atoms with Crippen molar-refractivity contribution in [2.75, 3.05) is 31.6 Å². The lowest BCUT2D eigenvalue weighted by atomic mass is 10.2. The highest BCUT2D eigenvalue weighted by molar-refractivity contribution is 5.80. The zero-order valence-electron chi connectivity index (χ0n) is 17.3. The second kappa shape index (κ2) is 10.7. The molecular formula is C22H28F2N4O2. The molecule has 8 heteroatoms. The van der Waals surface area contributed by atoms with Crippen LogP contribution in [0.15, 0.2) is 53.5 Å². The normalized spacial score (nSPS) is 16.6. The van der Waals surface area contributed by atoms with Gasteiger partial charge in [-0.2, -0.15) is 8.78 Å². The van der Waals surface area contributed by atoms with Crippen LogP contribution in [0.2, 0.25) is 0 Å². The van der Waals surface area contributed by atoms with Crippen molar-refractivity contribution in [3.8, 4) is 11.5 Å². The van der Waals surface area contributed by atoms with Crippen LogP contribution in [0.1, 0.15) is 18.9 Å². The van der Waals surface area contributed by atoms with Crippen LogP contribution in [0, 0.1) is 0 Å². The van der Waals surface area contributed by atoms with Gasteiger partial charge in [0, 0.05) is 25.7 Å². The summed E-state index contributed by atoms with van der Waals surface area (Å²) in [6.07, 6.45) is 0.871. The minimum Gasteiger partial charge on any atom is -0.497 e. The van der Waals surface area contributed by atoms with Gasteiger partial charge in [-0.1, -0.05) is 24.3 Å². The molecule has 30 heavy (non-hydrogen) atoms. The van der Waals surface area contributed by atoms with Crippen molar-refractivity contribution < 1.29 is 18.3 Å². The average Bonchev–Trinajstić information content (AvgIpc) is 3.21. The quantitative estimate of drug-likeness (QED) is 0.507. The molecule has 6 nitrogen and oxygen atoms in total. The summed E-state index contributed by atoms with van der Waals surface area (Å²) in [5.41, 5.74) is 1.77. The maximum atomic E-state index is 12.7. The van der Waals surface area contributed by atoms with Crippen LogP contribution < -0.4 is 25.0 Å². The predicted octanol–water partition coefficient (Wildman–Crippen LogP) is 3.63. The Morgan fingerprint density at radius 3 is 2.67 bits per heavy atom. The van der Waals surface area contributed by atoms with Crippen molar-refractivity contribution in [1.82, 2.24) is 10.6 Å². The number of alkyl halides is 2. The van der Waals surface area contributed by atoms with Crippen molar-refractivity contribution in [3.05, 3.63) is 54.1 Å². The van der Waals surface area contributed by atoms with E-state index in [9.17, 15) is 8.78 Å². The molecule has 3 rings (SSSR count).